The maximum absolute atomic E-state index is 8.99. The normalized spacial score (nSPS) is 24.0. The van der Waals surface area contributed by atoms with Crippen LogP contribution in [0, 0.1) is 17.8 Å². The number of rotatable bonds is 6. The van der Waals surface area contributed by atoms with Crippen molar-refractivity contribution in [3.05, 3.63) is 0 Å². The fraction of sp³-hybridized carbons (Fsp3) is 1.00. The van der Waals surface area contributed by atoms with Crippen molar-refractivity contribution in [2.75, 3.05) is 13.2 Å². The summed E-state index contributed by atoms with van der Waals surface area (Å²) < 4.78 is 0. The van der Waals surface area contributed by atoms with Gasteiger partial charge in [-0.15, -0.1) is 0 Å². The Bertz CT molecular complexity index is 178. The number of hydrogen-bond acceptors (Lipinski definition) is 2. The van der Waals surface area contributed by atoms with E-state index in [0.29, 0.717) is 12.0 Å². The van der Waals surface area contributed by atoms with Gasteiger partial charge in [0.25, 0.3) is 0 Å². The summed E-state index contributed by atoms with van der Waals surface area (Å²) in [6.45, 7) is 8.00. The molecule has 0 heterocycles. The van der Waals surface area contributed by atoms with Crippen molar-refractivity contribution in [2.24, 2.45) is 17.8 Å². The van der Waals surface area contributed by atoms with Crippen LogP contribution in [-0.4, -0.2) is 24.3 Å². The van der Waals surface area contributed by atoms with Crippen LogP contribution in [0.5, 0.6) is 0 Å². The maximum Gasteiger partial charge on any atom is 0.0468 e. The Labute approximate surface area is 101 Å². The van der Waals surface area contributed by atoms with Crippen molar-refractivity contribution in [1.29, 1.82) is 0 Å². The SMILES string of the molecule is CC(CO)CNC(C)C(C)C1CCCCC1. The Kier molecular flexibility index (Phi) is 6.37. The van der Waals surface area contributed by atoms with E-state index in [1.54, 1.807) is 0 Å². The first kappa shape index (κ1) is 14.0. The molecule has 3 atom stereocenters. The topological polar surface area (TPSA) is 32.3 Å². The summed E-state index contributed by atoms with van der Waals surface area (Å²) in [5, 5.41) is 12.6. The first-order valence-corrected chi connectivity index (χ1v) is 6.99. The highest BCUT2D eigenvalue weighted by molar-refractivity contribution is 4.78. The van der Waals surface area contributed by atoms with E-state index in [2.05, 4.69) is 26.1 Å². The molecular formula is C14H29NO. The average molecular weight is 227 g/mol. The molecule has 0 bridgehead atoms. The van der Waals surface area contributed by atoms with E-state index in [0.717, 1.165) is 18.4 Å². The minimum Gasteiger partial charge on any atom is -0.396 e. The first-order chi connectivity index (χ1) is 7.65. The third kappa shape index (κ3) is 4.42. The highest BCUT2D eigenvalue weighted by Crippen LogP contribution is 2.31. The van der Waals surface area contributed by atoms with Gasteiger partial charge in [-0.05, 0) is 24.7 Å². The number of nitrogens with one attached hydrogen (secondary N) is 1. The van der Waals surface area contributed by atoms with E-state index < -0.39 is 0 Å². The van der Waals surface area contributed by atoms with Crippen LogP contribution in [0.2, 0.25) is 0 Å². The van der Waals surface area contributed by atoms with Gasteiger partial charge >= 0.3 is 0 Å². The molecule has 1 rings (SSSR count). The Morgan fingerprint density at radius 1 is 1.12 bits per heavy atom. The fourth-order valence-electron chi connectivity index (χ4n) is 2.71. The van der Waals surface area contributed by atoms with Crippen molar-refractivity contribution in [3.63, 3.8) is 0 Å². The zero-order valence-corrected chi connectivity index (χ0v) is 11.2. The average Bonchev–Trinajstić information content (AvgIpc) is 2.35. The van der Waals surface area contributed by atoms with Gasteiger partial charge in [-0.3, -0.25) is 0 Å². The van der Waals surface area contributed by atoms with Gasteiger partial charge in [-0.25, -0.2) is 0 Å². The lowest BCUT2D eigenvalue weighted by Gasteiger charge is -2.32. The number of aliphatic hydroxyl groups excluding tert-OH is 1. The van der Waals surface area contributed by atoms with Crippen LogP contribution in [0.15, 0.2) is 0 Å². The van der Waals surface area contributed by atoms with Gasteiger partial charge in [0.2, 0.25) is 0 Å². The highest BCUT2D eigenvalue weighted by Gasteiger charge is 2.24. The third-order valence-electron chi connectivity index (χ3n) is 4.28. The Morgan fingerprint density at radius 2 is 1.75 bits per heavy atom. The van der Waals surface area contributed by atoms with E-state index in [1.807, 2.05) is 0 Å². The van der Waals surface area contributed by atoms with Crippen molar-refractivity contribution in [1.82, 2.24) is 5.32 Å². The Hall–Kier alpha value is -0.0800. The molecule has 0 amide bonds. The molecular weight excluding hydrogens is 198 g/mol. The molecule has 96 valence electrons. The molecule has 2 N–H and O–H groups in total. The lowest BCUT2D eigenvalue weighted by atomic mass is 9.78. The quantitative estimate of drug-likeness (QED) is 0.731. The van der Waals surface area contributed by atoms with Crippen LogP contribution >= 0.6 is 0 Å². The summed E-state index contributed by atoms with van der Waals surface area (Å²) in [4.78, 5) is 0. The van der Waals surface area contributed by atoms with Crippen molar-refractivity contribution in [2.45, 2.75) is 58.9 Å². The van der Waals surface area contributed by atoms with Gasteiger partial charge in [0.05, 0.1) is 0 Å². The molecule has 1 aliphatic rings. The lowest BCUT2D eigenvalue weighted by molar-refractivity contribution is 0.197. The molecule has 0 radical (unpaired) electrons. The van der Waals surface area contributed by atoms with Gasteiger partial charge in [0, 0.05) is 19.2 Å². The maximum atomic E-state index is 8.99. The third-order valence-corrected chi connectivity index (χ3v) is 4.28. The highest BCUT2D eigenvalue weighted by atomic mass is 16.3. The van der Waals surface area contributed by atoms with E-state index in [1.165, 1.54) is 32.1 Å². The van der Waals surface area contributed by atoms with Crippen LogP contribution < -0.4 is 5.32 Å². The fourth-order valence-corrected chi connectivity index (χ4v) is 2.71. The Morgan fingerprint density at radius 3 is 2.31 bits per heavy atom. The molecule has 1 saturated carbocycles. The molecule has 0 aliphatic heterocycles. The summed E-state index contributed by atoms with van der Waals surface area (Å²) in [6, 6.07) is 0.581. The summed E-state index contributed by atoms with van der Waals surface area (Å²) in [5.41, 5.74) is 0. The second kappa shape index (κ2) is 7.29. The number of aliphatic hydroxyl groups is 1. The first-order valence-electron chi connectivity index (χ1n) is 6.99. The largest absolute Gasteiger partial charge is 0.396 e. The van der Waals surface area contributed by atoms with Gasteiger partial charge in [-0.1, -0.05) is 46.0 Å². The summed E-state index contributed by atoms with van der Waals surface area (Å²) in [7, 11) is 0. The lowest BCUT2D eigenvalue weighted by Crippen LogP contribution is -2.39. The standard InChI is InChI=1S/C14H29NO/c1-11(10-16)9-15-13(3)12(2)14-7-5-4-6-8-14/h11-16H,4-10H2,1-3H3. The van der Waals surface area contributed by atoms with E-state index in [4.69, 9.17) is 5.11 Å². The van der Waals surface area contributed by atoms with Crippen molar-refractivity contribution < 1.29 is 5.11 Å². The summed E-state index contributed by atoms with van der Waals surface area (Å²) in [5.74, 6) is 2.06. The second-order valence-electron chi connectivity index (χ2n) is 5.74. The number of hydrogen-bond donors (Lipinski definition) is 2. The van der Waals surface area contributed by atoms with Crippen LogP contribution in [-0.2, 0) is 0 Å². The van der Waals surface area contributed by atoms with Crippen molar-refractivity contribution in [3.8, 4) is 0 Å². The van der Waals surface area contributed by atoms with Gasteiger partial charge in [0.1, 0.15) is 0 Å². The smallest absolute Gasteiger partial charge is 0.0468 e. The zero-order chi connectivity index (χ0) is 12.0. The molecule has 0 aromatic carbocycles. The van der Waals surface area contributed by atoms with Crippen LogP contribution in [0.3, 0.4) is 0 Å². The van der Waals surface area contributed by atoms with Crippen LogP contribution in [0.25, 0.3) is 0 Å². The molecule has 0 saturated heterocycles. The summed E-state index contributed by atoms with van der Waals surface area (Å²) >= 11 is 0. The molecule has 2 heteroatoms. The minimum absolute atomic E-state index is 0.289. The van der Waals surface area contributed by atoms with E-state index in [9.17, 15) is 0 Å². The minimum atomic E-state index is 0.289. The molecule has 2 nitrogen and oxygen atoms in total. The van der Waals surface area contributed by atoms with Crippen molar-refractivity contribution >= 4 is 0 Å². The van der Waals surface area contributed by atoms with Gasteiger partial charge < -0.3 is 10.4 Å². The van der Waals surface area contributed by atoms with Gasteiger partial charge in [-0.2, -0.15) is 0 Å². The predicted octanol–water partition coefficient (Wildman–Crippen LogP) is 2.81. The summed E-state index contributed by atoms with van der Waals surface area (Å²) in [6.07, 6.45) is 7.13. The molecule has 0 aromatic rings. The second-order valence-corrected chi connectivity index (χ2v) is 5.74. The van der Waals surface area contributed by atoms with E-state index in [-0.39, 0.29) is 6.61 Å². The zero-order valence-electron chi connectivity index (χ0n) is 11.2. The molecule has 1 fully saturated rings. The molecule has 1 aliphatic carbocycles. The molecule has 0 spiro atoms. The van der Waals surface area contributed by atoms with E-state index >= 15 is 0 Å². The Balaban J connectivity index is 2.25. The molecule has 3 unspecified atom stereocenters. The monoisotopic (exact) mass is 227 g/mol. The van der Waals surface area contributed by atoms with Crippen LogP contribution in [0.1, 0.15) is 52.9 Å². The van der Waals surface area contributed by atoms with Gasteiger partial charge in [0.15, 0.2) is 0 Å². The van der Waals surface area contributed by atoms with Crippen LogP contribution in [0.4, 0.5) is 0 Å². The molecule has 16 heavy (non-hydrogen) atoms. The predicted molar refractivity (Wildman–Crippen MR) is 69.5 cm³/mol. The molecule has 0 aromatic heterocycles.